The first kappa shape index (κ1) is 13.7. The Balaban J connectivity index is 1.78. The molecule has 1 atom stereocenters. The van der Waals surface area contributed by atoms with Crippen molar-refractivity contribution in [2.24, 2.45) is 5.92 Å². The number of hydrogen-bond acceptors (Lipinski definition) is 4. The van der Waals surface area contributed by atoms with Gasteiger partial charge in [-0.05, 0) is 37.4 Å². The summed E-state index contributed by atoms with van der Waals surface area (Å²) in [5.41, 5.74) is 9.10. The van der Waals surface area contributed by atoms with E-state index in [0.717, 1.165) is 29.5 Å². The highest BCUT2D eigenvalue weighted by molar-refractivity contribution is 5.53. The second kappa shape index (κ2) is 6.02. The van der Waals surface area contributed by atoms with Crippen LogP contribution in [0.25, 0.3) is 0 Å². The molecule has 2 heterocycles. The van der Waals surface area contributed by atoms with Crippen molar-refractivity contribution in [3.8, 4) is 5.75 Å². The zero-order chi connectivity index (χ0) is 13.9. The van der Waals surface area contributed by atoms with Gasteiger partial charge >= 0.3 is 0 Å². The summed E-state index contributed by atoms with van der Waals surface area (Å²) >= 11 is 0. The molecule has 0 amide bonds. The maximum absolute atomic E-state index is 6.01. The summed E-state index contributed by atoms with van der Waals surface area (Å²) in [5, 5.41) is 0. The van der Waals surface area contributed by atoms with Crippen LogP contribution in [0.2, 0.25) is 0 Å². The van der Waals surface area contributed by atoms with Crippen molar-refractivity contribution < 1.29 is 9.47 Å². The number of nitrogen functional groups attached to an aromatic ring is 1. The van der Waals surface area contributed by atoms with Gasteiger partial charge < -0.3 is 15.2 Å². The van der Waals surface area contributed by atoms with Gasteiger partial charge in [0.1, 0.15) is 5.75 Å². The lowest BCUT2D eigenvalue weighted by Gasteiger charge is -2.33. The fraction of sp³-hybridized carbons (Fsp3) is 0.625. The predicted octanol–water partition coefficient (Wildman–Crippen LogP) is 2.76. The number of likely N-dealkylation sites (tertiary alicyclic amines) is 1. The van der Waals surface area contributed by atoms with Crippen LogP contribution in [0, 0.1) is 5.92 Å². The van der Waals surface area contributed by atoms with Gasteiger partial charge in [-0.1, -0.05) is 13.3 Å². The van der Waals surface area contributed by atoms with E-state index >= 15 is 0 Å². The molecule has 4 heteroatoms. The van der Waals surface area contributed by atoms with E-state index in [4.69, 9.17) is 15.2 Å². The van der Waals surface area contributed by atoms with Crippen molar-refractivity contribution in [2.45, 2.75) is 39.3 Å². The van der Waals surface area contributed by atoms with Crippen LogP contribution < -0.4 is 10.5 Å². The van der Waals surface area contributed by atoms with E-state index < -0.39 is 0 Å². The summed E-state index contributed by atoms with van der Waals surface area (Å²) in [5.74, 6) is 1.83. The third kappa shape index (κ3) is 2.91. The first-order chi connectivity index (χ1) is 9.76. The molecule has 2 N–H and O–H groups in total. The average molecular weight is 276 g/mol. The Morgan fingerprint density at radius 2 is 2.30 bits per heavy atom. The zero-order valence-electron chi connectivity index (χ0n) is 12.2. The van der Waals surface area contributed by atoms with E-state index in [1.807, 2.05) is 6.07 Å². The lowest BCUT2D eigenvalue weighted by molar-refractivity contribution is -0.0175. The molecule has 1 aromatic carbocycles. The van der Waals surface area contributed by atoms with E-state index in [2.05, 4.69) is 17.9 Å². The van der Waals surface area contributed by atoms with Crippen molar-refractivity contribution in [1.82, 2.24) is 4.90 Å². The number of nitrogens with zero attached hydrogens (tertiary/aromatic N) is 1. The summed E-state index contributed by atoms with van der Waals surface area (Å²) < 4.78 is 11.0. The molecule has 110 valence electrons. The van der Waals surface area contributed by atoms with Gasteiger partial charge in [-0.3, -0.25) is 4.90 Å². The third-order valence-electron chi connectivity index (χ3n) is 4.38. The molecule has 0 aliphatic carbocycles. The highest BCUT2D eigenvalue weighted by atomic mass is 16.7. The van der Waals surface area contributed by atoms with Gasteiger partial charge in [0.2, 0.25) is 0 Å². The van der Waals surface area contributed by atoms with Crippen LogP contribution >= 0.6 is 0 Å². The molecule has 0 bridgehead atoms. The summed E-state index contributed by atoms with van der Waals surface area (Å²) in [6.45, 7) is 6.54. The minimum absolute atomic E-state index is 0.349. The molecule has 0 saturated carbocycles. The van der Waals surface area contributed by atoms with Crippen molar-refractivity contribution >= 4 is 5.69 Å². The van der Waals surface area contributed by atoms with E-state index in [-0.39, 0.29) is 0 Å². The summed E-state index contributed by atoms with van der Waals surface area (Å²) in [6.07, 6.45) is 3.94. The second-order valence-electron chi connectivity index (χ2n) is 5.93. The summed E-state index contributed by atoms with van der Waals surface area (Å²) in [6, 6.07) is 4.02. The Labute approximate surface area is 120 Å². The van der Waals surface area contributed by atoms with Crippen molar-refractivity contribution in [2.75, 3.05) is 25.6 Å². The quantitative estimate of drug-likeness (QED) is 0.862. The third-order valence-corrected chi connectivity index (χ3v) is 4.38. The standard InChI is InChI=1S/C16H24N2O2/c1-2-12-4-3-5-18(8-12)9-13-6-15(17)7-14-10-19-11-20-16(13)14/h6-7,12H,2-5,8-11,17H2,1H3. The Bertz CT molecular complexity index is 476. The Hall–Kier alpha value is -1.26. The number of ether oxygens (including phenoxy) is 2. The second-order valence-corrected chi connectivity index (χ2v) is 5.93. The van der Waals surface area contributed by atoms with Gasteiger partial charge in [-0.15, -0.1) is 0 Å². The highest BCUT2D eigenvalue weighted by Gasteiger charge is 2.22. The van der Waals surface area contributed by atoms with Gasteiger partial charge in [-0.2, -0.15) is 0 Å². The van der Waals surface area contributed by atoms with Crippen LogP contribution in [-0.4, -0.2) is 24.8 Å². The number of fused-ring (bicyclic) bond motifs is 1. The normalized spacial score (nSPS) is 23.1. The maximum Gasteiger partial charge on any atom is 0.189 e. The molecule has 1 fully saturated rings. The molecule has 0 spiro atoms. The van der Waals surface area contributed by atoms with E-state index in [0.29, 0.717) is 13.4 Å². The largest absolute Gasteiger partial charge is 0.467 e. The molecule has 3 rings (SSSR count). The average Bonchev–Trinajstić information content (AvgIpc) is 2.47. The van der Waals surface area contributed by atoms with E-state index in [1.54, 1.807) is 0 Å². The van der Waals surface area contributed by atoms with Crippen LogP contribution in [0.5, 0.6) is 5.75 Å². The minimum atomic E-state index is 0.349. The van der Waals surface area contributed by atoms with E-state index in [9.17, 15) is 0 Å². The van der Waals surface area contributed by atoms with Crippen LogP contribution in [-0.2, 0) is 17.9 Å². The molecule has 2 aliphatic heterocycles. The van der Waals surface area contributed by atoms with Gasteiger partial charge in [-0.25, -0.2) is 0 Å². The fourth-order valence-electron chi connectivity index (χ4n) is 3.31. The van der Waals surface area contributed by atoms with E-state index in [1.165, 1.54) is 37.9 Å². The predicted molar refractivity (Wildman–Crippen MR) is 79.4 cm³/mol. The molecule has 1 unspecified atom stereocenters. The molecule has 20 heavy (non-hydrogen) atoms. The molecule has 1 saturated heterocycles. The zero-order valence-corrected chi connectivity index (χ0v) is 12.2. The van der Waals surface area contributed by atoms with Gasteiger partial charge in [0, 0.05) is 29.9 Å². The number of benzene rings is 1. The fourth-order valence-corrected chi connectivity index (χ4v) is 3.31. The molecule has 4 nitrogen and oxygen atoms in total. The Morgan fingerprint density at radius 3 is 3.15 bits per heavy atom. The molecular formula is C16H24N2O2. The SMILES string of the molecule is CCC1CCCN(Cc2cc(N)cc3c2OCOC3)C1. The molecule has 0 radical (unpaired) electrons. The Kier molecular flexibility index (Phi) is 4.13. The molecule has 0 aromatic heterocycles. The van der Waals surface area contributed by atoms with Crippen LogP contribution in [0.3, 0.4) is 0 Å². The topological polar surface area (TPSA) is 47.7 Å². The summed E-state index contributed by atoms with van der Waals surface area (Å²) in [4.78, 5) is 2.53. The molecular weight excluding hydrogens is 252 g/mol. The van der Waals surface area contributed by atoms with Crippen molar-refractivity contribution in [3.05, 3.63) is 23.3 Å². The smallest absolute Gasteiger partial charge is 0.189 e. The number of anilines is 1. The monoisotopic (exact) mass is 276 g/mol. The first-order valence-electron chi connectivity index (χ1n) is 7.60. The van der Waals surface area contributed by atoms with Gasteiger partial charge in [0.05, 0.1) is 6.61 Å². The highest BCUT2D eigenvalue weighted by Crippen LogP contribution is 2.32. The van der Waals surface area contributed by atoms with Gasteiger partial charge in [0.15, 0.2) is 6.79 Å². The number of nitrogens with two attached hydrogens (primary N) is 1. The van der Waals surface area contributed by atoms with Gasteiger partial charge in [0.25, 0.3) is 0 Å². The van der Waals surface area contributed by atoms with Crippen LogP contribution in [0.4, 0.5) is 5.69 Å². The van der Waals surface area contributed by atoms with Crippen LogP contribution in [0.1, 0.15) is 37.3 Å². The number of rotatable bonds is 3. The lowest BCUT2D eigenvalue weighted by Crippen LogP contribution is -2.35. The number of piperidine rings is 1. The van der Waals surface area contributed by atoms with Crippen LogP contribution in [0.15, 0.2) is 12.1 Å². The van der Waals surface area contributed by atoms with Crippen molar-refractivity contribution in [1.29, 1.82) is 0 Å². The molecule has 2 aliphatic rings. The Morgan fingerprint density at radius 1 is 1.40 bits per heavy atom. The summed E-state index contributed by atoms with van der Waals surface area (Å²) in [7, 11) is 0. The lowest BCUT2D eigenvalue weighted by atomic mass is 9.95. The minimum Gasteiger partial charge on any atom is -0.467 e. The maximum atomic E-state index is 6.01. The van der Waals surface area contributed by atoms with Crippen molar-refractivity contribution in [3.63, 3.8) is 0 Å². The number of hydrogen-bond donors (Lipinski definition) is 1. The first-order valence-corrected chi connectivity index (χ1v) is 7.60. The molecule has 1 aromatic rings.